The largest absolute Gasteiger partial charge is 0.370 e. The third-order valence-electron chi connectivity index (χ3n) is 4.43. The number of sulfonamides is 1. The number of rotatable bonds is 4. The molecule has 1 N–H and O–H groups in total. The number of hydrogen-bond acceptors (Lipinski definition) is 4. The van der Waals surface area contributed by atoms with E-state index >= 15 is 0 Å². The SMILES string of the molecule is CC(C)(C)c1ccc(S(=O)(=O)Nc2ccccc2N2CCCCC2)s1. The molecule has 0 atom stereocenters. The van der Waals surface area contributed by atoms with Crippen LogP contribution >= 0.6 is 11.3 Å². The molecular weight excluding hydrogens is 352 g/mol. The van der Waals surface area contributed by atoms with Crippen molar-refractivity contribution < 1.29 is 8.42 Å². The Balaban J connectivity index is 1.87. The second kappa shape index (κ2) is 7.00. The number of nitrogens with zero attached hydrogens (tertiary/aromatic N) is 1. The van der Waals surface area contributed by atoms with Gasteiger partial charge in [0, 0.05) is 18.0 Å². The van der Waals surface area contributed by atoms with Crippen LogP contribution in [0, 0.1) is 0 Å². The Labute approximate surface area is 154 Å². The molecule has 1 saturated heterocycles. The fourth-order valence-electron chi connectivity index (χ4n) is 3.03. The monoisotopic (exact) mass is 378 g/mol. The summed E-state index contributed by atoms with van der Waals surface area (Å²) < 4.78 is 28.9. The summed E-state index contributed by atoms with van der Waals surface area (Å²) >= 11 is 1.34. The van der Waals surface area contributed by atoms with Crippen LogP contribution in [0.3, 0.4) is 0 Å². The maximum absolute atomic E-state index is 12.9. The highest BCUT2D eigenvalue weighted by molar-refractivity contribution is 7.94. The standard InChI is InChI=1S/C19H26N2O2S2/c1-19(2,3)17-11-12-18(24-17)25(22,23)20-15-9-5-6-10-16(15)21-13-7-4-8-14-21/h5-6,9-12,20H,4,7-8,13-14H2,1-3H3. The van der Waals surface area contributed by atoms with Crippen molar-refractivity contribution in [3.05, 3.63) is 41.3 Å². The summed E-state index contributed by atoms with van der Waals surface area (Å²) in [7, 11) is -3.57. The summed E-state index contributed by atoms with van der Waals surface area (Å²) in [6.07, 6.45) is 3.55. The van der Waals surface area contributed by atoms with Gasteiger partial charge in [-0.3, -0.25) is 4.72 Å². The molecule has 0 saturated carbocycles. The fourth-order valence-corrected chi connectivity index (χ4v) is 5.47. The lowest BCUT2D eigenvalue weighted by atomic mass is 9.95. The van der Waals surface area contributed by atoms with Crippen LogP contribution in [-0.4, -0.2) is 21.5 Å². The number of thiophene rings is 1. The zero-order chi connectivity index (χ0) is 18.1. The topological polar surface area (TPSA) is 49.4 Å². The molecule has 2 heterocycles. The zero-order valence-corrected chi connectivity index (χ0v) is 16.7. The molecular formula is C19H26N2O2S2. The van der Waals surface area contributed by atoms with Gasteiger partial charge in [0.1, 0.15) is 4.21 Å². The number of piperidine rings is 1. The van der Waals surface area contributed by atoms with E-state index in [1.165, 1.54) is 17.8 Å². The Kier molecular flexibility index (Phi) is 5.11. The Morgan fingerprint density at radius 3 is 2.32 bits per heavy atom. The van der Waals surface area contributed by atoms with Gasteiger partial charge in [0.05, 0.1) is 11.4 Å². The van der Waals surface area contributed by atoms with Crippen molar-refractivity contribution in [3.63, 3.8) is 0 Å². The van der Waals surface area contributed by atoms with Crippen molar-refractivity contribution in [3.8, 4) is 0 Å². The first-order valence-corrected chi connectivity index (χ1v) is 11.0. The first-order chi connectivity index (χ1) is 11.8. The number of anilines is 2. The molecule has 1 aliphatic rings. The molecule has 0 bridgehead atoms. The minimum Gasteiger partial charge on any atom is -0.370 e. The lowest BCUT2D eigenvalue weighted by Crippen LogP contribution is -2.30. The van der Waals surface area contributed by atoms with E-state index < -0.39 is 10.0 Å². The zero-order valence-electron chi connectivity index (χ0n) is 15.1. The van der Waals surface area contributed by atoms with Crippen molar-refractivity contribution in [1.29, 1.82) is 0 Å². The molecule has 6 heteroatoms. The summed E-state index contributed by atoms with van der Waals surface area (Å²) in [5.74, 6) is 0. The first kappa shape index (κ1) is 18.3. The second-order valence-corrected chi connectivity index (χ2v) is 10.5. The van der Waals surface area contributed by atoms with Crippen molar-refractivity contribution in [2.24, 2.45) is 0 Å². The van der Waals surface area contributed by atoms with Crippen molar-refractivity contribution in [2.45, 2.75) is 49.7 Å². The van der Waals surface area contributed by atoms with E-state index in [1.54, 1.807) is 6.07 Å². The summed E-state index contributed by atoms with van der Waals surface area (Å²) in [5.41, 5.74) is 1.58. The molecule has 0 amide bonds. The third-order valence-corrected chi connectivity index (χ3v) is 7.80. The third kappa shape index (κ3) is 4.18. The van der Waals surface area contributed by atoms with E-state index in [0.717, 1.165) is 36.5 Å². The second-order valence-electron chi connectivity index (χ2n) is 7.54. The van der Waals surface area contributed by atoms with Crippen molar-refractivity contribution in [2.75, 3.05) is 22.7 Å². The quantitative estimate of drug-likeness (QED) is 0.828. The highest BCUT2D eigenvalue weighted by Crippen LogP contribution is 2.34. The van der Waals surface area contributed by atoms with Gasteiger partial charge in [-0.2, -0.15) is 0 Å². The number of para-hydroxylation sites is 2. The molecule has 0 aliphatic carbocycles. The van der Waals surface area contributed by atoms with Crippen LogP contribution in [0.15, 0.2) is 40.6 Å². The lowest BCUT2D eigenvalue weighted by molar-refractivity contribution is 0.578. The fraction of sp³-hybridized carbons (Fsp3) is 0.474. The van der Waals surface area contributed by atoms with E-state index in [2.05, 4.69) is 30.4 Å². The summed E-state index contributed by atoms with van der Waals surface area (Å²) in [6.45, 7) is 8.23. The molecule has 1 aromatic carbocycles. The highest BCUT2D eigenvalue weighted by atomic mass is 32.2. The van der Waals surface area contributed by atoms with Crippen LogP contribution in [0.4, 0.5) is 11.4 Å². The summed E-state index contributed by atoms with van der Waals surface area (Å²) in [6, 6.07) is 11.3. The normalized spacial score (nSPS) is 16.0. The number of benzene rings is 1. The minimum atomic E-state index is -3.57. The highest BCUT2D eigenvalue weighted by Gasteiger charge is 2.24. The predicted octanol–water partition coefficient (Wildman–Crippen LogP) is 4.84. The average molecular weight is 379 g/mol. The molecule has 136 valence electrons. The van der Waals surface area contributed by atoms with Gasteiger partial charge in [0.25, 0.3) is 10.0 Å². The summed E-state index contributed by atoms with van der Waals surface area (Å²) in [5, 5.41) is 0. The van der Waals surface area contributed by atoms with Crippen molar-refractivity contribution >= 4 is 32.7 Å². The van der Waals surface area contributed by atoms with Crippen LogP contribution in [0.5, 0.6) is 0 Å². The van der Waals surface area contributed by atoms with Crippen LogP contribution in [0.25, 0.3) is 0 Å². The van der Waals surface area contributed by atoms with Crippen LogP contribution < -0.4 is 9.62 Å². The number of hydrogen-bond donors (Lipinski definition) is 1. The predicted molar refractivity (Wildman–Crippen MR) is 106 cm³/mol. The molecule has 1 fully saturated rings. The number of nitrogens with one attached hydrogen (secondary N) is 1. The van der Waals surface area contributed by atoms with Gasteiger partial charge in [-0.1, -0.05) is 32.9 Å². The van der Waals surface area contributed by atoms with E-state index in [0.29, 0.717) is 9.90 Å². The molecule has 25 heavy (non-hydrogen) atoms. The smallest absolute Gasteiger partial charge is 0.271 e. The molecule has 4 nitrogen and oxygen atoms in total. The average Bonchev–Trinajstić information content (AvgIpc) is 3.07. The van der Waals surface area contributed by atoms with Gasteiger partial charge in [0.15, 0.2) is 0 Å². The van der Waals surface area contributed by atoms with Gasteiger partial charge in [-0.25, -0.2) is 8.42 Å². The van der Waals surface area contributed by atoms with Crippen LogP contribution in [0.1, 0.15) is 44.9 Å². The Hall–Kier alpha value is -1.53. The molecule has 2 aromatic rings. The first-order valence-electron chi connectivity index (χ1n) is 8.74. The molecule has 0 unspecified atom stereocenters. The van der Waals surface area contributed by atoms with E-state index in [-0.39, 0.29) is 5.41 Å². The molecule has 1 aromatic heterocycles. The summed E-state index contributed by atoms with van der Waals surface area (Å²) in [4.78, 5) is 3.34. The molecule has 3 rings (SSSR count). The molecule has 0 radical (unpaired) electrons. The Morgan fingerprint density at radius 2 is 1.68 bits per heavy atom. The maximum Gasteiger partial charge on any atom is 0.271 e. The van der Waals surface area contributed by atoms with E-state index in [9.17, 15) is 8.42 Å². The van der Waals surface area contributed by atoms with Gasteiger partial charge >= 0.3 is 0 Å². The van der Waals surface area contributed by atoms with Gasteiger partial charge in [-0.15, -0.1) is 11.3 Å². The van der Waals surface area contributed by atoms with Crippen LogP contribution in [-0.2, 0) is 15.4 Å². The minimum absolute atomic E-state index is 0.0514. The van der Waals surface area contributed by atoms with Gasteiger partial charge in [0.2, 0.25) is 0 Å². The Bertz CT molecular complexity index is 829. The lowest BCUT2D eigenvalue weighted by Gasteiger charge is -2.30. The molecule has 1 aliphatic heterocycles. The van der Waals surface area contributed by atoms with E-state index in [1.807, 2.05) is 30.3 Å². The van der Waals surface area contributed by atoms with Crippen LogP contribution in [0.2, 0.25) is 0 Å². The molecule has 0 spiro atoms. The maximum atomic E-state index is 12.9. The van der Waals surface area contributed by atoms with Gasteiger partial charge < -0.3 is 4.90 Å². The van der Waals surface area contributed by atoms with E-state index in [4.69, 9.17) is 0 Å². The van der Waals surface area contributed by atoms with Gasteiger partial charge in [-0.05, 0) is 48.9 Å². The Morgan fingerprint density at radius 1 is 1.00 bits per heavy atom. The van der Waals surface area contributed by atoms with Crippen molar-refractivity contribution in [1.82, 2.24) is 0 Å².